The summed E-state index contributed by atoms with van der Waals surface area (Å²) in [5, 5.41) is 0. The summed E-state index contributed by atoms with van der Waals surface area (Å²) in [6, 6.07) is 2.38. The number of Topliss-reactive ketones (excluding diaryl/α,β-unsaturated/α-hetero) is 1. The first kappa shape index (κ1) is 11.4. The molecule has 0 bridgehead atoms. The number of rotatable bonds is 4. The molecule has 1 rings (SSSR count). The molecule has 0 heterocycles. The topological polar surface area (TPSA) is 43.4 Å². The van der Waals surface area contributed by atoms with Gasteiger partial charge >= 0.3 is 0 Å². The predicted octanol–water partition coefficient (Wildman–Crippen LogP) is 2.24. The zero-order chi connectivity index (χ0) is 11.4. The molecule has 0 fully saturated rings. The van der Waals surface area contributed by atoms with Crippen molar-refractivity contribution in [3.63, 3.8) is 0 Å². The molecular formula is C11H11FO3. The quantitative estimate of drug-likeness (QED) is 0.565. The Morgan fingerprint density at radius 1 is 1.53 bits per heavy atom. The van der Waals surface area contributed by atoms with E-state index in [-0.39, 0.29) is 23.5 Å². The standard InChI is InChI=1S/C11H11FO3/c1-3-15-11-8(6-13)4-5-9(12)10(11)7(2)14/h4-6H,3H2,1-2H3. The van der Waals surface area contributed by atoms with Crippen LogP contribution in [0.2, 0.25) is 0 Å². The maximum atomic E-state index is 13.3. The molecule has 0 N–H and O–H groups in total. The summed E-state index contributed by atoms with van der Waals surface area (Å²) in [4.78, 5) is 21.9. The lowest BCUT2D eigenvalue weighted by Crippen LogP contribution is -2.06. The van der Waals surface area contributed by atoms with Crippen molar-refractivity contribution in [1.29, 1.82) is 0 Å². The van der Waals surface area contributed by atoms with Gasteiger partial charge in [-0.2, -0.15) is 0 Å². The number of hydrogen-bond acceptors (Lipinski definition) is 3. The minimum absolute atomic E-state index is 0.0278. The van der Waals surface area contributed by atoms with E-state index < -0.39 is 11.6 Å². The van der Waals surface area contributed by atoms with Crippen LogP contribution in [0.3, 0.4) is 0 Å². The molecule has 0 aromatic heterocycles. The highest BCUT2D eigenvalue weighted by atomic mass is 19.1. The van der Waals surface area contributed by atoms with Gasteiger partial charge in [0, 0.05) is 0 Å². The van der Waals surface area contributed by atoms with Crippen LogP contribution >= 0.6 is 0 Å². The summed E-state index contributed by atoms with van der Waals surface area (Å²) in [5.74, 6) is -1.10. The molecule has 0 amide bonds. The Kier molecular flexibility index (Phi) is 3.55. The minimum atomic E-state index is -0.670. The Labute approximate surface area is 86.9 Å². The zero-order valence-corrected chi connectivity index (χ0v) is 8.54. The second-order valence-electron chi connectivity index (χ2n) is 2.95. The molecule has 0 saturated carbocycles. The first-order chi connectivity index (χ1) is 7.11. The van der Waals surface area contributed by atoms with Crippen LogP contribution in [-0.4, -0.2) is 18.7 Å². The second-order valence-corrected chi connectivity index (χ2v) is 2.95. The largest absolute Gasteiger partial charge is 0.492 e. The Bertz CT molecular complexity index is 399. The van der Waals surface area contributed by atoms with Crippen molar-refractivity contribution in [3.8, 4) is 5.75 Å². The fourth-order valence-electron chi connectivity index (χ4n) is 1.30. The predicted molar refractivity (Wildman–Crippen MR) is 53.0 cm³/mol. The third kappa shape index (κ3) is 2.21. The second kappa shape index (κ2) is 4.68. The number of halogens is 1. The summed E-state index contributed by atoms with van der Waals surface area (Å²) in [5.41, 5.74) is 0.0184. The van der Waals surface area contributed by atoms with E-state index in [1.165, 1.54) is 13.0 Å². The van der Waals surface area contributed by atoms with Gasteiger partial charge < -0.3 is 4.74 Å². The molecule has 0 aliphatic rings. The van der Waals surface area contributed by atoms with E-state index in [1.54, 1.807) is 6.92 Å². The summed E-state index contributed by atoms with van der Waals surface area (Å²) < 4.78 is 18.4. The smallest absolute Gasteiger partial charge is 0.166 e. The number of ketones is 1. The van der Waals surface area contributed by atoms with E-state index in [0.717, 1.165) is 6.07 Å². The molecule has 0 atom stereocenters. The number of aldehydes is 1. The first-order valence-corrected chi connectivity index (χ1v) is 4.53. The minimum Gasteiger partial charge on any atom is -0.492 e. The zero-order valence-electron chi connectivity index (χ0n) is 8.54. The third-order valence-electron chi connectivity index (χ3n) is 1.91. The van der Waals surface area contributed by atoms with Gasteiger partial charge in [0.1, 0.15) is 11.6 Å². The molecule has 1 aromatic carbocycles. The monoisotopic (exact) mass is 210 g/mol. The average molecular weight is 210 g/mol. The fourth-order valence-corrected chi connectivity index (χ4v) is 1.30. The maximum Gasteiger partial charge on any atom is 0.166 e. The van der Waals surface area contributed by atoms with Gasteiger partial charge in [0.15, 0.2) is 12.1 Å². The summed E-state index contributed by atoms with van der Waals surface area (Å²) in [6.45, 7) is 3.20. The van der Waals surface area contributed by atoms with Crippen LogP contribution in [0.25, 0.3) is 0 Å². The normalized spacial score (nSPS) is 9.80. The van der Waals surface area contributed by atoms with Crippen LogP contribution in [0.15, 0.2) is 12.1 Å². The molecule has 0 aliphatic heterocycles. The summed E-state index contributed by atoms with van der Waals surface area (Å²) >= 11 is 0. The Balaban J connectivity index is 3.43. The fraction of sp³-hybridized carbons (Fsp3) is 0.273. The van der Waals surface area contributed by atoms with Gasteiger partial charge in [-0.3, -0.25) is 9.59 Å². The van der Waals surface area contributed by atoms with Crippen molar-refractivity contribution in [2.24, 2.45) is 0 Å². The van der Waals surface area contributed by atoms with Gasteiger partial charge in [0.2, 0.25) is 0 Å². The highest BCUT2D eigenvalue weighted by Crippen LogP contribution is 2.26. The highest BCUT2D eigenvalue weighted by Gasteiger charge is 2.17. The van der Waals surface area contributed by atoms with Gasteiger partial charge in [-0.25, -0.2) is 4.39 Å². The molecule has 0 saturated heterocycles. The van der Waals surface area contributed by atoms with Gasteiger partial charge in [0.05, 0.1) is 17.7 Å². The average Bonchev–Trinajstić information content (AvgIpc) is 2.18. The molecule has 80 valence electrons. The number of hydrogen-bond donors (Lipinski definition) is 0. The third-order valence-corrected chi connectivity index (χ3v) is 1.91. The van der Waals surface area contributed by atoms with E-state index in [1.807, 2.05) is 0 Å². The van der Waals surface area contributed by atoms with Gasteiger partial charge in [-0.05, 0) is 26.0 Å². The van der Waals surface area contributed by atoms with Crippen LogP contribution in [-0.2, 0) is 0 Å². The number of carbonyl (C=O) groups excluding carboxylic acids is 2. The summed E-state index contributed by atoms with van der Waals surface area (Å²) in [7, 11) is 0. The summed E-state index contributed by atoms with van der Waals surface area (Å²) in [6.07, 6.45) is 0.539. The Morgan fingerprint density at radius 3 is 2.67 bits per heavy atom. The van der Waals surface area contributed by atoms with Gasteiger partial charge in [0.25, 0.3) is 0 Å². The van der Waals surface area contributed by atoms with E-state index in [2.05, 4.69) is 0 Å². The van der Waals surface area contributed by atoms with E-state index in [4.69, 9.17) is 4.74 Å². The van der Waals surface area contributed by atoms with E-state index in [0.29, 0.717) is 6.29 Å². The molecule has 4 heteroatoms. The molecule has 0 spiro atoms. The highest BCUT2D eigenvalue weighted by molar-refractivity contribution is 5.99. The van der Waals surface area contributed by atoms with Crippen LogP contribution in [0.4, 0.5) is 4.39 Å². The molecule has 0 unspecified atom stereocenters. The lowest BCUT2D eigenvalue weighted by molar-refractivity contribution is 0.101. The van der Waals surface area contributed by atoms with Crippen molar-refractivity contribution in [2.75, 3.05) is 6.61 Å². The maximum absolute atomic E-state index is 13.3. The van der Waals surface area contributed by atoms with Crippen molar-refractivity contribution < 1.29 is 18.7 Å². The van der Waals surface area contributed by atoms with E-state index in [9.17, 15) is 14.0 Å². The van der Waals surface area contributed by atoms with E-state index >= 15 is 0 Å². The van der Waals surface area contributed by atoms with Crippen LogP contribution in [0.1, 0.15) is 34.6 Å². The number of ether oxygens (including phenoxy) is 1. The number of benzene rings is 1. The molecule has 0 aliphatic carbocycles. The Hall–Kier alpha value is -1.71. The SMILES string of the molecule is CCOc1c(C=O)ccc(F)c1C(C)=O. The molecule has 1 aromatic rings. The van der Waals surface area contributed by atoms with Crippen molar-refractivity contribution in [1.82, 2.24) is 0 Å². The van der Waals surface area contributed by atoms with Crippen molar-refractivity contribution in [3.05, 3.63) is 29.1 Å². The lowest BCUT2D eigenvalue weighted by atomic mass is 10.1. The van der Waals surface area contributed by atoms with Crippen molar-refractivity contribution >= 4 is 12.1 Å². The molecule has 15 heavy (non-hydrogen) atoms. The number of carbonyl (C=O) groups is 2. The van der Waals surface area contributed by atoms with Gasteiger partial charge in [-0.1, -0.05) is 0 Å². The Morgan fingerprint density at radius 2 is 2.20 bits per heavy atom. The molecular weight excluding hydrogens is 199 g/mol. The molecule has 3 nitrogen and oxygen atoms in total. The van der Waals surface area contributed by atoms with Crippen molar-refractivity contribution in [2.45, 2.75) is 13.8 Å². The van der Waals surface area contributed by atoms with Gasteiger partial charge in [-0.15, -0.1) is 0 Å². The lowest BCUT2D eigenvalue weighted by Gasteiger charge is -2.10. The van der Waals surface area contributed by atoms with Crippen LogP contribution < -0.4 is 4.74 Å². The van der Waals surface area contributed by atoms with Crippen LogP contribution in [0, 0.1) is 5.82 Å². The first-order valence-electron chi connectivity index (χ1n) is 4.53. The van der Waals surface area contributed by atoms with Crippen LogP contribution in [0.5, 0.6) is 5.75 Å². The molecule has 0 radical (unpaired) electrons.